The molecule has 82 valence electrons. The summed E-state index contributed by atoms with van der Waals surface area (Å²) < 4.78 is 0. The fraction of sp³-hybridized carbons (Fsp3) is 0. The van der Waals surface area contributed by atoms with Gasteiger partial charge < -0.3 is 0 Å². The third-order valence-electron chi connectivity index (χ3n) is 2.34. The lowest BCUT2D eigenvalue weighted by Gasteiger charge is -2.05. The Morgan fingerprint density at radius 2 is 1.65 bits per heavy atom. The van der Waals surface area contributed by atoms with Crippen molar-refractivity contribution in [3.05, 3.63) is 59.8 Å². The second-order valence-electron chi connectivity index (χ2n) is 3.36. The highest BCUT2D eigenvalue weighted by Crippen LogP contribution is 2.22. The van der Waals surface area contributed by atoms with Crippen LogP contribution in [-0.2, 0) is 0 Å². The van der Waals surface area contributed by atoms with Crippen LogP contribution >= 0.6 is 0 Å². The summed E-state index contributed by atoms with van der Waals surface area (Å²) in [4.78, 5) is 24.7. The van der Waals surface area contributed by atoms with E-state index in [-0.39, 0.29) is 11.8 Å². The molecule has 0 bridgehead atoms. The number of hydrogen-bond donors (Lipinski definition) is 0. The van der Waals surface area contributed by atoms with Gasteiger partial charge in [-0.3, -0.25) is 9.59 Å². The zero-order chi connectivity index (χ0) is 12.3. The molecular weight excluding hydrogens is 216 g/mol. The second-order valence-corrected chi connectivity index (χ2v) is 3.36. The fourth-order valence-corrected chi connectivity index (χ4v) is 1.58. The molecular formula is C13H8N2O2. The van der Waals surface area contributed by atoms with Gasteiger partial charge in [0.2, 0.25) is 0 Å². The predicted molar refractivity (Wildman–Crippen MR) is 60.8 cm³/mol. The van der Waals surface area contributed by atoms with Gasteiger partial charge in [-0.05, 0) is 18.2 Å². The summed E-state index contributed by atoms with van der Waals surface area (Å²) in [6.45, 7) is 0. The Labute approximate surface area is 98.1 Å². The van der Waals surface area contributed by atoms with Gasteiger partial charge in [-0.25, -0.2) is 4.90 Å². The van der Waals surface area contributed by atoms with E-state index in [0.29, 0.717) is 11.1 Å². The van der Waals surface area contributed by atoms with Crippen LogP contribution in [0.3, 0.4) is 0 Å². The Morgan fingerprint density at radius 1 is 1.06 bits per heavy atom. The first kappa shape index (κ1) is 10.8. The first-order chi connectivity index (χ1) is 8.25. The van der Waals surface area contributed by atoms with Gasteiger partial charge in [-0.2, -0.15) is 5.26 Å². The first-order valence-corrected chi connectivity index (χ1v) is 4.95. The Kier molecular flexibility index (Phi) is 2.84. The number of amides is 2. The standard InChI is InChI=1S/C13H8N2O2/c14-8-4-1-5-9-15-12(16)10-6-2-3-7-11(10)13(15)17/h1-7,9H/b4-1+,9-5+. The van der Waals surface area contributed by atoms with E-state index in [0.717, 1.165) is 4.90 Å². The Balaban J connectivity index is 2.28. The maximum Gasteiger partial charge on any atom is 0.265 e. The van der Waals surface area contributed by atoms with Gasteiger partial charge >= 0.3 is 0 Å². The molecule has 0 spiro atoms. The van der Waals surface area contributed by atoms with Crippen molar-refractivity contribution in [1.29, 1.82) is 5.26 Å². The van der Waals surface area contributed by atoms with Crippen LogP contribution in [0, 0.1) is 11.3 Å². The predicted octanol–water partition coefficient (Wildman–Crippen LogP) is 1.88. The third kappa shape index (κ3) is 1.86. The molecule has 0 fully saturated rings. The summed E-state index contributed by atoms with van der Waals surface area (Å²) in [7, 11) is 0. The molecule has 17 heavy (non-hydrogen) atoms. The van der Waals surface area contributed by atoms with E-state index in [2.05, 4.69) is 0 Å². The van der Waals surface area contributed by atoms with Gasteiger partial charge in [-0.15, -0.1) is 0 Å². The molecule has 4 heteroatoms. The van der Waals surface area contributed by atoms with E-state index >= 15 is 0 Å². The van der Waals surface area contributed by atoms with Gasteiger partial charge in [-0.1, -0.05) is 18.2 Å². The SMILES string of the molecule is N#C/C=C/C=C/N1C(=O)c2ccccc2C1=O. The first-order valence-electron chi connectivity index (χ1n) is 4.95. The van der Waals surface area contributed by atoms with Crippen LogP contribution in [0.5, 0.6) is 0 Å². The van der Waals surface area contributed by atoms with Crippen LogP contribution in [0.4, 0.5) is 0 Å². The molecule has 0 unspecified atom stereocenters. The van der Waals surface area contributed by atoms with Gasteiger partial charge in [0.25, 0.3) is 11.8 Å². The van der Waals surface area contributed by atoms with Gasteiger partial charge in [0, 0.05) is 12.3 Å². The minimum absolute atomic E-state index is 0.341. The molecule has 2 rings (SSSR count). The summed E-state index contributed by atoms with van der Waals surface area (Å²) in [5.41, 5.74) is 0.817. The van der Waals surface area contributed by atoms with E-state index in [1.807, 2.05) is 6.07 Å². The number of hydrogen-bond acceptors (Lipinski definition) is 3. The number of nitriles is 1. The van der Waals surface area contributed by atoms with Gasteiger partial charge in [0.05, 0.1) is 17.2 Å². The number of allylic oxidation sites excluding steroid dienone is 3. The van der Waals surface area contributed by atoms with E-state index in [1.165, 1.54) is 24.4 Å². The molecule has 1 heterocycles. The third-order valence-corrected chi connectivity index (χ3v) is 2.34. The minimum Gasteiger partial charge on any atom is -0.268 e. The molecule has 0 aromatic heterocycles. The van der Waals surface area contributed by atoms with Crippen LogP contribution in [-0.4, -0.2) is 16.7 Å². The zero-order valence-corrected chi connectivity index (χ0v) is 8.83. The summed E-state index contributed by atoms with van der Waals surface area (Å²) in [5.74, 6) is -0.681. The molecule has 0 aliphatic carbocycles. The molecule has 0 saturated carbocycles. The molecule has 4 nitrogen and oxygen atoms in total. The number of carbonyl (C=O) groups excluding carboxylic acids is 2. The fourth-order valence-electron chi connectivity index (χ4n) is 1.58. The monoisotopic (exact) mass is 224 g/mol. The molecule has 0 saturated heterocycles. The lowest BCUT2D eigenvalue weighted by atomic mass is 10.1. The van der Waals surface area contributed by atoms with Crippen LogP contribution in [0.25, 0.3) is 0 Å². The van der Waals surface area contributed by atoms with Crippen LogP contribution < -0.4 is 0 Å². The molecule has 0 atom stereocenters. The van der Waals surface area contributed by atoms with Crippen molar-refractivity contribution in [2.24, 2.45) is 0 Å². The lowest BCUT2D eigenvalue weighted by molar-refractivity contribution is 0.0721. The minimum atomic E-state index is -0.341. The molecule has 2 amide bonds. The number of benzene rings is 1. The second kappa shape index (κ2) is 4.45. The van der Waals surface area contributed by atoms with Crippen molar-refractivity contribution in [3.63, 3.8) is 0 Å². The van der Waals surface area contributed by atoms with Crippen molar-refractivity contribution >= 4 is 11.8 Å². The average molecular weight is 224 g/mol. The van der Waals surface area contributed by atoms with Crippen molar-refractivity contribution in [2.45, 2.75) is 0 Å². The summed E-state index contributed by atoms with van der Waals surface area (Å²) in [6, 6.07) is 8.48. The summed E-state index contributed by atoms with van der Waals surface area (Å²) >= 11 is 0. The highest BCUT2D eigenvalue weighted by molar-refractivity contribution is 6.22. The van der Waals surface area contributed by atoms with E-state index in [4.69, 9.17) is 5.26 Å². The van der Waals surface area contributed by atoms with Crippen molar-refractivity contribution < 1.29 is 9.59 Å². The number of rotatable bonds is 2. The molecule has 1 aliphatic heterocycles. The average Bonchev–Trinajstić information content (AvgIpc) is 2.60. The van der Waals surface area contributed by atoms with Crippen molar-refractivity contribution in [1.82, 2.24) is 4.90 Å². The van der Waals surface area contributed by atoms with E-state index in [9.17, 15) is 9.59 Å². The highest BCUT2D eigenvalue weighted by Gasteiger charge is 2.33. The number of carbonyl (C=O) groups is 2. The number of fused-ring (bicyclic) bond motifs is 1. The summed E-state index contributed by atoms with van der Waals surface area (Å²) in [5, 5.41) is 8.29. The normalized spacial score (nSPS) is 14.6. The quantitative estimate of drug-likeness (QED) is 0.437. The lowest BCUT2D eigenvalue weighted by Crippen LogP contribution is -2.23. The number of imide groups is 1. The zero-order valence-electron chi connectivity index (χ0n) is 8.83. The van der Waals surface area contributed by atoms with Crippen LogP contribution in [0.2, 0.25) is 0 Å². The number of nitrogens with zero attached hydrogens (tertiary/aromatic N) is 2. The van der Waals surface area contributed by atoms with Crippen LogP contribution in [0.1, 0.15) is 20.7 Å². The molecule has 1 aromatic carbocycles. The Bertz CT molecular complexity index is 544. The van der Waals surface area contributed by atoms with Gasteiger partial charge in [0.1, 0.15) is 0 Å². The molecule has 0 radical (unpaired) electrons. The van der Waals surface area contributed by atoms with E-state index < -0.39 is 0 Å². The molecule has 1 aliphatic rings. The topological polar surface area (TPSA) is 61.2 Å². The summed E-state index contributed by atoms with van der Waals surface area (Å²) in [6.07, 6.45) is 5.56. The van der Waals surface area contributed by atoms with Crippen molar-refractivity contribution in [2.75, 3.05) is 0 Å². The smallest absolute Gasteiger partial charge is 0.265 e. The van der Waals surface area contributed by atoms with Gasteiger partial charge in [0.15, 0.2) is 0 Å². The molecule has 1 aromatic rings. The Morgan fingerprint density at radius 3 is 2.18 bits per heavy atom. The maximum absolute atomic E-state index is 11.8. The largest absolute Gasteiger partial charge is 0.268 e. The maximum atomic E-state index is 11.8. The molecule has 0 N–H and O–H groups in total. The highest BCUT2D eigenvalue weighted by atomic mass is 16.2. The van der Waals surface area contributed by atoms with Crippen LogP contribution in [0.15, 0.2) is 48.7 Å². The van der Waals surface area contributed by atoms with Crippen molar-refractivity contribution in [3.8, 4) is 6.07 Å². The Hall–Kier alpha value is -2.67. The van der Waals surface area contributed by atoms with E-state index in [1.54, 1.807) is 24.3 Å².